The molecule has 5 nitrogen and oxygen atoms in total. The second-order valence-corrected chi connectivity index (χ2v) is 7.72. The minimum absolute atomic E-state index is 0.299. The summed E-state index contributed by atoms with van der Waals surface area (Å²) in [5.74, 6) is 0.888. The SMILES string of the molecule is COc1ccc(CN(C(=S)NCC2CCCO2)C2CCN(C)CC2)cc1. The van der Waals surface area contributed by atoms with E-state index in [0.29, 0.717) is 12.1 Å². The van der Waals surface area contributed by atoms with Crippen molar-refractivity contribution in [3.63, 3.8) is 0 Å². The summed E-state index contributed by atoms with van der Waals surface area (Å²) in [6.45, 7) is 4.76. The van der Waals surface area contributed by atoms with Crippen LogP contribution in [0.15, 0.2) is 24.3 Å². The molecule has 1 N–H and O–H groups in total. The molecule has 1 unspecified atom stereocenters. The lowest BCUT2D eigenvalue weighted by Gasteiger charge is -2.39. The van der Waals surface area contributed by atoms with Gasteiger partial charge in [0, 0.05) is 25.7 Å². The topological polar surface area (TPSA) is 37.0 Å². The molecule has 0 bridgehead atoms. The first kappa shape index (κ1) is 19.4. The summed E-state index contributed by atoms with van der Waals surface area (Å²) in [6.07, 6.45) is 4.88. The number of likely N-dealkylation sites (tertiary alicyclic amines) is 1. The van der Waals surface area contributed by atoms with Gasteiger partial charge in [-0.3, -0.25) is 0 Å². The van der Waals surface area contributed by atoms with Gasteiger partial charge in [-0.05, 0) is 75.7 Å². The van der Waals surface area contributed by atoms with Crippen molar-refractivity contribution in [2.24, 2.45) is 0 Å². The van der Waals surface area contributed by atoms with Crippen LogP contribution in [0.4, 0.5) is 0 Å². The number of ether oxygens (including phenoxy) is 2. The zero-order chi connectivity index (χ0) is 18.4. The number of benzene rings is 1. The van der Waals surface area contributed by atoms with E-state index < -0.39 is 0 Å². The summed E-state index contributed by atoms with van der Waals surface area (Å²) in [5.41, 5.74) is 1.26. The number of nitrogens with one attached hydrogen (secondary N) is 1. The van der Waals surface area contributed by atoms with Crippen LogP contribution in [0.5, 0.6) is 5.75 Å². The zero-order valence-corrected chi connectivity index (χ0v) is 16.8. The lowest BCUT2D eigenvalue weighted by molar-refractivity contribution is 0.112. The Hall–Kier alpha value is -1.37. The van der Waals surface area contributed by atoms with Crippen LogP contribution < -0.4 is 10.1 Å². The van der Waals surface area contributed by atoms with Crippen LogP contribution >= 0.6 is 12.2 Å². The minimum Gasteiger partial charge on any atom is -0.497 e. The molecule has 0 amide bonds. The van der Waals surface area contributed by atoms with Crippen molar-refractivity contribution in [1.29, 1.82) is 0 Å². The standard InChI is InChI=1S/C20H31N3O2S/c1-22-11-9-17(10-12-22)23(15-16-5-7-18(24-2)8-6-16)20(26)21-14-19-4-3-13-25-19/h5-8,17,19H,3-4,9-15H2,1-2H3,(H,21,26). The van der Waals surface area contributed by atoms with E-state index in [1.165, 1.54) is 5.56 Å². The first-order valence-corrected chi connectivity index (χ1v) is 10.0. The van der Waals surface area contributed by atoms with Gasteiger partial charge < -0.3 is 24.6 Å². The van der Waals surface area contributed by atoms with Gasteiger partial charge in [0.05, 0.1) is 13.2 Å². The maximum Gasteiger partial charge on any atom is 0.169 e. The molecule has 1 atom stereocenters. The molecule has 0 spiro atoms. The number of hydrogen-bond donors (Lipinski definition) is 1. The molecule has 3 rings (SSSR count). The maximum atomic E-state index is 5.79. The molecule has 1 aromatic carbocycles. The van der Waals surface area contributed by atoms with E-state index in [1.54, 1.807) is 7.11 Å². The predicted octanol–water partition coefficient (Wildman–Crippen LogP) is 2.64. The van der Waals surface area contributed by atoms with Crippen LogP contribution in [0, 0.1) is 0 Å². The van der Waals surface area contributed by atoms with E-state index in [4.69, 9.17) is 21.7 Å². The second-order valence-electron chi connectivity index (χ2n) is 7.33. The van der Waals surface area contributed by atoms with Crippen molar-refractivity contribution in [3.8, 4) is 5.75 Å². The van der Waals surface area contributed by atoms with Crippen molar-refractivity contribution < 1.29 is 9.47 Å². The predicted molar refractivity (Wildman–Crippen MR) is 109 cm³/mol. The molecular weight excluding hydrogens is 346 g/mol. The molecule has 6 heteroatoms. The molecule has 2 aliphatic heterocycles. The third-order valence-electron chi connectivity index (χ3n) is 5.41. The summed E-state index contributed by atoms with van der Waals surface area (Å²) in [6, 6.07) is 8.78. The number of hydrogen-bond acceptors (Lipinski definition) is 4. The summed E-state index contributed by atoms with van der Waals surface area (Å²) < 4.78 is 11.0. The Bertz CT molecular complexity index is 567. The highest BCUT2D eigenvalue weighted by atomic mass is 32.1. The highest BCUT2D eigenvalue weighted by Gasteiger charge is 2.26. The quantitative estimate of drug-likeness (QED) is 0.768. The summed E-state index contributed by atoms with van der Waals surface area (Å²) in [7, 11) is 3.89. The van der Waals surface area contributed by atoms with Crippen LogP contribution in [-0.4, -0.2) is 67.5 Å². The third-order valence-corrected chi connectivity index (χ3v) is 5.79. The zero-order valence-electron chi connectivity index (χ0n) is 15.9. The van der Waals surface area contributed by atoms with Crippen molar-refractivity contribution in [2.75, 3.05) is 40.4 Å². The molecule has 26 heavy (non-hydrogen) atoms. The van der Waals surface area contributed by atoms with Crippen molar-refractivity contribution >= 4 is 17.3 Å². The van der Waals surface area contributed by atoms with E-state index in [1.807, 2.05) is 12.1 Å². The monoisotopic (exact) mass is 377 g/mol. The Morgan fingerprint density at radius 2 is 2.00 bits per heavy atom. The molecule has 0 aromatic heterocycles. The number of methoxy groups -OCH3 is 1. The highest BCUT2D eigenvalue weighted by Crippen LogP contribution is 2.20. The number of nitrogens with zero attached hydrogens (tertiary/aromatic N) is 2. The Labute approximate surface area is 162 Å². The smallest absolute Gasteiger partial charge is 0.169 e. The molecule has 0 saturated carbocycles. The van der Waals surface area contributed by atoms with Gasteiger partial charge in [-0.25, -0.2) is 0 Å². The summed E-state index contributed by atoms with van der Waals surface area (Å²) in [5, 5.41) is 4.32. The number of piperidine rings is 1. The summed E-state index contributed by atoms with van der Waals surface area (Å²) in [4.78, 5) is 4.77. The number of thiocarbonyl (C=S) groups is 1. The van der Waals surface area contributed by atoms with Crippen molar-refractivity contribution in [3.05, 3.63) is 29.8 Å². The van der Waals surface area contributed by atoms with Crippen LogP contribution in [0.1, 0.15) is 31.2 Å². The largest absolute Gasteiger partial charge is 0.497 e. The Kier molecular flexibility index (Phi) is 7.11. The van der Waals surface area contributed by atoms with E-state index >= 15 is 0 Å². The van der Waals surface area contributed by atoms with Crippen LogP contribution in [0.2, 0.25) is 0 Å². The fourth-order valence-electron chi connectivity index (χ4n) is 3.71. The Morgan fingerprint density at radius 3 is 2.62 bits per heavy atom. The van der Waals surface area contributed by atoms with E-state index in [9.17, 15) is 0 Å². The van der Waals surface area contributed by atoms with Crippen LogP contribution in [0.3, 0.4) is 0 Å². The molecule has 2 heterocycles. The first-order chi connectivity index (χ1) is 12.7. The van der Waals surface area contributed by atoms with Crippen LogP contribution in [0.25, 0.3) is 0 Å². The Morgan fingerprint density at radius 1 is 1.27 bits per heavy atom. The van der Waals surface area contributed by atoms with Gasteiger partial charge in [0.1, 0.15) is 5.75 Å². The average molecular weight is 378 g/mol. The average Bonchev–Trinajstić information content (AvgIpc) is 3.19. The normalized spacial score (nSPS) is 21.5. The van der Waals surface area contributed by atoms with Gasteiger partial charge in [-0.15, -0.1) is 0 Å². The van der Waals surface area contributed by atoms with Gasteiger partial charge in [0.2, 0.25) is 0 Å². The van der Waals surface area contributed by atoms with Gasteiger partial charge in [-0.2, -0.15) is 0 Å². The van der Waals surface area contributed by atoms with E-state index in [0.717, 1.165) is 69.3 Å². The van der Waals surface area contributed by atoms with Gasteiger partial charge in [0.25, 0.3) is 0 Å². The first-order valence-electron chi connectivity index (χ1n) is 9.63. The molecule has 2 aliphatic rings. The molecular formula is C20H31N3O2S. The van der Waals surface area contributed by atoms with E-state index in [2.05, 4.69) is 34.3 Å². The van der Waals surface area contributed by atoms with Gasteiger partial charge in [-0.1, -0.05) is 12.1 Å². The molecule has 1 aromatic rings. The highest BCUT2D eigenvalue weighted by molar-refractivity contribution is 7.80. The second kappa shape index (κ2) is 9.53. The summed E-state index contributed by atoms with van der Waals surface area (Å²) >= 11 is 5.79. The van der Waals surface area contributed by atoms with Crippen molar-refractivity contribution in [1.82, 2.24) is 15.1 Å². The molecule has 2 fully saturated rings. The molecule has 2 saturated heterocycles. The van der Waals surface area contributed by atoms with Gasteiger partial charge in [0.15, 0.2) is 5.11 Å². The molecule has 144 valence electrons. The van der Waals surface area contributed by atoms with Crippen molar-refractivity contribution in [2.45, 2.75) is 44.4 Å². The van der Waals surface area contributed by atoms with Gasteiger partial charge >= 0.3 is 0 Å². The molecule has 0 aliphatic carbocycles. The Balaban J connectivity index is 1.64. The number of rotatable bonds is 6. The molecule has 0 radical (unpaired) electrons. The fraction of sp³-hybridized carbons (Fsp3) is 0.650. The lowest BCUT2D eigenvalue weighted by Crippen LogP contribution is -2.50. The lowest BCUT2D eigenvalue weighted by atomic mass is 10.0. The minimum atomic E-state index is 0.299. The third kappa shape index (κ3) is 5.32. The van der Waals surface area contributed by atoms with Crippen LogP contribution in [-0.2, 0) is 11.3 Å². The maximum absolute atomic E-state index is 5.79. The van der Waals surface area contributed by atoms with E-state index in [-0.39, 0.29) is 0 Å². The fourth-order valence-corrected chi connectivity index (χ4v) is 4.01.